The van der Waals surface area contributed by atoms with E-state index in [0.717, 1.165) is 45.0 Å². The first kappa shape index (κ1) is 21.2. The standard InChI is InChI=1S/C24H36N4O2/c1-3-30-21-15-20(24(21)12-6-7-13-24)27-23(25-2)26-14-8-11-22(29)28-16-18-9-4-5-10-19(18)17-28/h4-5,9-10,20-21H,3,6-8,11-17H2,1-2H3,(H2,25,26,27). The third-order valence-electron chi connectivity index (χ3n) is 7.28. The second-order valence-electron chi connectivity index (χ2n) is 8.94. The van der Waals surface area contributed by atoms with Crippen molar-refractivity contribution in [2.75, 3.05) is 20.2 Å². The van der Waals surface area contributed by atoms with Gasteiger partial charge in [-0.05, 0) is 43.7 Å². The number of fused-ring (bicyclic) bond motifs is 1. The van der Waals surface area contributed by atoms with Gasteiger partial charge in [0.25, 0.3) is 0 Å². The van der Waals surface area contributed by atoms with Gasteiger partial charge in [0.05, 0.1) is 6.10 Å². The lowest BCUT2D eigenvalue weighted by Crippen LogP contribution is -2.65. The summed E-state index contributed by atoms with van der Waals surface area (Å²) in [5.41, 5.74) is 2.84. The fourth-order valence-corrected chi connectivity index (χ4v) is 5.56. The van der Waals surface area contributed by atoms with E-state index in [2.05, 4.69) is 34.7 Å². The predicted octanol–water partition coefficient (Wildman–Crippen LogP) is 3.21. The Balaban J connectivity index is 1.19. The average molecular weight is 413 g/mol. The molecule has 2 fully saturated rings. The van der Waals surface area contributed by atoms with Crippen molar-refractivity contribution in [1.29, 1.82) is 0 Å². The van der Waals surface area contributed by atoms with Gasteiger partial charge in [-0.1, -0.05) is 37.1 Å². The number of hydrogen-bond acceptors (Lipinski definition) is 3. The molecular formula is C24H36N4O2. The van der Waals surface area contributed by atoms with Crippen molar-refractivity contribution in [3.05, 3.63) is 35.4 Å². The molecule has 0 aromatic heterocycles. The number of ether oxygens (including phenoxy) is 1. The van der Waals surface area contributed by atoms with E-state index in [-0.39, 0.29) is 11.3 Å². The molecule has 2 N–H and O–H groups in total. The Morgan fingerprint density at radius 1 is 1.23 bits per heavy atom. The Hall–Kier alpha value is -2.08. The van der Waals surface area contributed by atoms with Crippen LogP contribution in [0.25, 0.3) is 0 Å². The van der Waals surface area contributed by atoms with Crippen molar-refractivity contribution in [3.63, 3.8) is 0 Å². The predicted molar refractivity (Wildman–Crippen MR) is 119 cm³/mol. The number of guanidine groups is 1. The number of aliphatic imine (C=N–C) groups is 1. The maximum Gasteiger partial charge on any atom is 0.223 e. The topological polar surface area (TPSA) is 66.0 Å². The highest BCUT2D eigenvalue weighted by molar-refractivity contribution is 5.80. The van der Waals surface area contributed by atoms with Crippen LogP contribution in [0.5, 0.6) is 0 Å². The number of benzene rings is 1. The molecule has 1 aromatic rings. The molecule has 3 aliphatic rings. The van der Waals surface area contributed by atoms with Crippen molar-refractivity contribution < 1.29 is 9.53 Å². The summed E-state index contributed by atoms with van der Waals surface area (Å²) in [6.45, 7) is 5.13. The van der Waals surface area contributed by atoms with Crippen molar-refractivity contribution in [3.8, 4) is 0 Å². The number of amides is 1. The van der Waals surface area contributed by atoms with Crippen molar-refractivity contribution in [2.24, 2.45) is 10.4 Å². The molecule has 1 amide bonds. The van der Waals surface area contributed by atoms with Crippen LogP contribution in [0.4, 0.5) is 0 Å². The van der Waals surface area contributed by atoms with Crippen LogP contribution in [-0.4, -0.2) is 49.1 Å². The molecule has 2 saturated carbocycles. The first-order valence-corrected chi connectivity index (χ1v) is 11.6. The van der Waals surface area contributed by atoms with Gasteiger partial charge in [0, 0.05) is 51.2 Å². The molecule has 164 valence electrons. The van der Waals surface area contributed by atoms with Crippen LogP contribution in [0.15, 0.2) is 29.3 Å². The van der Waals surface area contributed by atoms with Gasteiger partial charge in [-0.2, -0.15) is 0 Å². The zero-order valence-corrected chi connectivity index (χ0v) is 18.5. The van der Waals surface area contributed by atoms with Crippen LogP contribution in [0.3, 0.4) is 0 Å². The van der Waals surface area contributed by atoms with Crippen LogP contribution in [0.1, 0.15) is 63.0 Å². The summed E-state index contributed by atoms with van der Waals surface area (Å²) < 4.78 is 6.02. The lowest BCUT2D eigenvalue weighted by atomic mass is 9.60. The van der Waals surface area contributed by atoms with Gasteiger partial charge in [0.2, 0.25) is 5.91 Å². The quantitative estimate of drug-likeness (QED) is 0.410. The minimum Gasteiger partial charge on any atom is -0.378 e. The molecule has 2 unspecified atom stereocenters. The molecule has 2 atom stereocenters. The monoisotopic (exact) mass is 412 g/mol. The fourth-order valence-electron chi connectivity index (χ4n) is 5.56. The fraction of sp³-hybridized carbons (Fsp3) is 0.667. The lowest BCUT2D eigenvalue weighted by molar-refractivity contribution is -0.131. The summed E-state index contributed by atoms with van der Waals surface area (Å²) in [6.07, 6.45) is 7.93. The Bertz CT molecular complexity index is 747. The van der Waals surface area contributed by atoms with E-state index < -0.39 is 0 Å². The highest BCUT2D eigenvalue weighted by Crippen LogP contribution is 2.54. The molecule has 6 nitrogen and oxygen atoms in total. The number of hydrogen-bond donors (Lipinski definition) is 2. The van der Waals surface area contributed by atoms with E-state index in [0.29, 0.717) is 18.6 Å². The van der Waals surface area contributed by atoms with E-state index in [9.17, 15) is 4.79 Å². The molecule has 1 heterocycles. The van der Waals surface area contributed by atoms with E-state index in [1.807, 2.05) is 24.1 Å². The minimum atomic E-state index is 0.236. The van der Waals surface area contributed by atoms with Crippen molar-refractivity contribution in [2.45, 2.75) is 77.1 Å². The summed E-state index contributed by atoms with van der Waals surface area (Å²) in [7, 11) is 1.82. The first-order chi connectivity index (χ1) is 14.7. The van der Waals surface area contributed by atoms with Gasteiger partial charge in [-0.3, -0.25) is 9.79 Å². The van der Waals surface area contributed by atoms with Crippen LogP contribution in [-0.2, 0) is 22.6 Å². The molecular weight excluding hydrogens is 376 g/mol. The van der Waals surface area contributed by atoms with E-state index >= 15 is 0 Å². The molecule has 0 saturated heterocycles. The maximum atomic E-state index is 12.6. The molecule has 4 rings (SSSR count). The summed E-state index contributed by atoms with van der Waals surface area (Å²) in [5, 5.41) is 7.06. The molecule has 1 aliphatic heterocycles. The van der Waals surface area contributed by atoms with Crippen molar-refractivity contribution >= 4 is 11.9 Å². The Morgan fingerprint density at radius 3 is 2.57 bits per heavy atom. The molecule has 0 radical (unpaired) electrons. The number of nitrogens with one attached hydrogen (secondary N) is 2. The molecule has 2 aliphatic carbocycles. The van der Waals surface area contributed by atoms with Gasteiger partial charge in [0.15, 0.2) is 5.96 Å². The summed E-state index contributed by atoms with van der Waals surface area (Å²) in [4.78, 5) is 18.9. The molecule has 30 heavy (non-hydrogen) atoms. The lowest BCUT2D eigenvalue weighted by Gasteiger charge is -2.54. The number of carbonyl (C=O) groups is 1. The maximum absolute atomic E-state index is 12.6. The normalized spacial score (nSPS) is 24.6. The zero-order valence-electron chi connectivity index (χ0n) is 18.5. The summed E-state index contributed by atoms with van der Waals surface area (Å²) in [5.74, 6) is 1.08. The SMILES string of the molecule is CCOC1CC(NC(=NC)NCCCC(=O)N2Cc3ccccc3C2)C12CCCC2. The zero-order chi connectivity index (χ0) is 21.0. The Kier molecular flexibility index (Phi) is 6.61. The second kappa shape index (κ2) is 9.38. The van der Waals surface area contributed by atoms with Gasteiger partial charge in [-0.15, -0.1) is 0 Å². The van der Waals surface area contributed by atoms with Crippen LogP contribution in [0.2, 0.25) is 0 Å². The van der Waals surface area contributed by atoms with Crippen LogP contribution >= 0.6 is 0 Å². The number of rotatable bonds is 7. The largest absolute Gasteiger partial charge is 0.378 e. The van der Waals surface area contributed by atoms with E-state index in [4.69, 9.17) is 4.74 Å². The van der Waals surface area contributed by atoms with Gasteiger partial charge < -0.3 is 20.3 Å². The second-order valence-corrected chi connectivity index (χ2v) is 8.94. The van der Waals surface area contributed by atoms with E-state index in [1.165, 1.54) is 36.8 Å². The van der Waals surface area contributed by atoms with Gasteiger partial charge in [-0.25, -0.2) is 0 Å². The molecule has 0 bridgehead atoms. The molecule has 1 aromatic carbocycles. The van der Waals surface area contributed by atoms with Crippen LogP contribution in [0, 0.1) is 5.41 Å². The third-order valence-corrected chi connectivity index (χ3v) is 7.28. The summed E-state index contributed by atoms with van der Waals surface area (Å²) >= 11 is 0. The van der Waals surface area contributed by atoms with Crippen molar-refractivity contribution in [1.82, 2.24) is 15.5 Å². The average Bonchev–Trinajstić information content (AvgIpc) is 3.43. The molecule has 6 heteroatoms. The first-order valence-electron chi connectivity index (χ1n) is 11.6. The third kappa shape index (κ3) is 4.20. The van der Waals surface area contributed by atoms with Gasteiger partial charge in [0.1, 0.15) is 0 Å². The van der Waals surface area contributed by atoms with E-state index in [1.54, 1.807) is 0 Å². The number of carbonyl (C=O) groups excluding carboxylic acids is 1. The highest BCUT2D eigenvalue weighted by Gasteiger charge is 2.56. The Labute approximate surface area is 180 Å². The highest BCUT2D eigenvalue weighted by atomic mass is 16.5. The Morgan fingerprint density at radius 2 is 1.93 bits per heavy atom. The number of nitrogens with zero attached hydrogens (tertiary/aromatic N) is 2. The van der Waals surface area contributed by atoms with Gasteiger partial charge >= 0.3 is 0 Å². The molecule has 1 spiro atoms. The smallest absolute Gasteiger partial charge is 0.223 e. The minimum absolute atomic E-state index is 0.236. The summed E-state index contributed by atoms with van der Waals surface area (Å²) in [6, 6.07) is 8.77. The van der Waals surface area contributed by atoms with Crippen LogP contribution < -0.4 is 10.6 Å².